The van der Waals surface area contributed by atoms with Crippen LogP contribution in [0.2, 0.25) is 0 Å². The van der Waals surface area contributed by atoms with Gasteiger partial charge in [0.15, 0.2) is 0 Å². The average molecular weight is 388 g/mol. The van der Waals surface area contributed by atoms with Gasteiger partial charge in [-0.25, -0.2) is 0 Å². The monoisotopic (exact) mass is 388 g/mol. The van der Waals surface area contributed by atoms with E-state index in [0.29, 0.717) is 5.56 Å². The van der Waals surface area contributed by atoms with Crippen LogP contribution in [0, 0.1) is 10.5 Å². The van der Waals surface area contributed by atoms with Crippen molar-refractivity contribution >= 4 is 45.1 Å². The van der Waals surface area contributed by atoms with E-state index in [-0.39, 0.29) is 5.91 Å². The number of aromatic nitrogens is 1. The lowest BCUT2D eigenvalue weighted by Gasteiger charge is -2.09. The van der Waals surface area contributed by atoms with Crippen LogP contribution in [0.1, 0.15) is 16.1 Å². The van der Waals surface area contributed by atoms with Gasteiger partial charge in [-0.1, -0.05) is 18.2 Å². The second kappa shape index (κ2) is 5.81. The lowest BCUT2D eigenvalue weighted by Crippen LogP contribution is -2.12. The number of hydrogen-bond acceptors (Lipinski definition) is 2. The molecule has 0 radical (unpaired) electrons. The molecular weight excluding hydrogens is 375 g/mol. The van der Waals surface area contributed by atoms with Gasteiger partial charge in [-0.3, -0.25) is 9.78 Å². The number of fused-ring (bicyclic) bond motifs is 1. The van der Waals surface area contributed by atoms with E-state index in [9.17, 15) is 4.79 Å². The molecule has 1 N–H and O–H groups in total. The zero-order valence-corrected chi connectivity index (χ0v) is 13.6. The van der Waals surface area contributed by atoms with Gasteiger partial charge in [-0.05, 0) is 65.9 Å². The standard InChI is InChI=1S/C17H13IN2O/c1-11-5-6-12-3-2-4-15(16(12)19-11)20-17(21)13-7-9-14(18)10-8-13/h2-10H,1H3,(H,20,21). The van der Waals surface area contributed by atoms with Crippen molar-refractivity contribution < 1.29 is 4.79 Å². The molecule has 3 nitrogen and oxygen atoms in total. The van der Waals surface area contributed by atoms with Gasteiger partial charge in [0.25, 0.3) is 5.91 Å². The van der Waals surface area contributed by atoms with Crippen LogP contribution in [-0.4, -0.2) is 10.9 Å². The second-order valence-electron chi connectivity index (χ2n) is 4.79. The summed E-state index contributed by atoms with van der Waals surface area (Å²) in [6.45, 7) is 1.94. The second-order valence-corrected chi connectivity index (χ2v) is 6.04. The van der Waals surface area contributed by atoms with Crippen molar-refractivity contribution in [2.24, 2.45) is 0 Å². The Morgan fingerprint density at radius 3 is 2.57 bits per heavy atom. The summed E-state index contributed by atoms with van der Waals surface area (Å²) in [6, 6.07) is 17.2. The molecule has 0 fully saturated rings. The van der Waals surface area contributed by atoms with Crippen LogP contribution in [0.3, 0.4) is 0 Å². The van der Waals surface area contributed by atoms with Crippen molar-refractivity contribution in [1.82, 2.24) is 4.98 Å². The quantitative estimate of drug-likeness (QED) is 0.662. The predicted octanol–water partition coefficient (Wildman–Crippen LogP) is 4.40. The third-order valence-corrected chi connectivity index (χ3v) is 3.93. The predicted molar refractivity (Wildman–Crippen MR) is 93.6 cm³/mol. The average Bonchev–Trinajstić information content (AvgIpc) is 2.48. The van der Waals surface area contributed by atoms with Crippen molar-refractivity contribution in [2.45, 2.75) is 6.92 Å². The number of nitrogens with one attached hydrogen (secondary N) is 1. The molecule has 4 heteroatoms. The summed E-state index contributed by atoms with van der Waals surface area (Å²) in [5.41, 5.74) is 3.12. The molecular formula is C17H13IN2O. The molecule has 1 amide bonds. The summed E-state index contributed by atoms with van der Waals surface area (Å²) in [7, 11) is 0. The molecule has 21 heavy (non-hydrogen) atoms. The molecule has 0 spiro atoms. The lowest BCUT2D eigenvalue weighted by atomic mass is 10.1. The zero-order valence-electron chi connectivity index (χ0n) is 11.4. The summed E-state index contributed by atoms with van der Waals surface area (Å²) in [5, 5.41) is 3.96. The zero-order chi connectivity index (χ0) is 14.8. The first-order valence-electron chi connectivity index (χ1n) is 6.57. The summed E-state index contributed by atoms with van der Waals surface area (Å²) in [6.07, 6.45) is 0. The van der Waals surface area contributed by atoms with Crippen LogP contribution in [0.5, 0.6) is 0 Å². The van der Waals surface area contributed by atoms with Crippen molar-refractivity contribution in [3.05, 3.63) is 69.4 Å². The molecule has 1 aromatic heterocycles. The number of rotatable bonds is 2. The van der Waals surface area contributed by atoms with Crippen LogP contribution in [0.25, 0.3) is 10.9 Å². The first kappa shape index (κ1) is 14.0. The number of pyridine rings is 1. The van der Waals surface area contributed by atoms with Gasteiger partial charge in [0.1, 0.15) is 0 Å². The first-order valence-corrected chi connectivity index (χ1v) is 7.65. The van der Waals surface area contributed by atoms with Crippen molar-refractivity contribution in [2.75, 3.05) is 5.32 Å². The third kappa shape index (κ3) is 3.05. The summed E-state index contributed by atoms with van der Waals surface area (Å²) in [5.74, 6) is -0.123. The van der Waals surface area contributed by atoms with Gasteiger partial charge in [-0.15, -0.1) is 0 Å². The van der Waals surface area contributed by atoms with E-state index in [4.69, 9.17) is 0 Å². The number of hydrogen-bond donors (Lipinski definition) is 1. The number of anilines is 1. The summed E-state index contributed by atoms with van der Waals surface area (Å²) >= 11 is 2.22. The Labute approximate surface area is 136 Å². The Hall–Kier alpha value is -1.95. The molecule has 0 aliphatic rings. The van der Waals surface area contributed by atoms with E-state index < -0.39 is 0 Å². The molecule has 0 saturated heterocycles. The van der Waals surface area contributed by atoms with Gasteiger partial charge in [-0.2, -0.15) is 0 Å². The maximum Gasteiger partial charge on any atom is 0.255 e. The van der Waals surface area contributed by atoms with E-state index in [1.54, 1.807) is 0 Å². The Bertz CT molecular complexity index is 813. The Kier molecular flexibility index (Phi) is 3.88. The van der Waals surface area contributed by atoms with Crippen molar-refractivity contribution in [3.63, 3.8) is 0 Å². The highest BCUT2D eigenvalue weighted by Gasteiger charge is 2.09. The van der Waals surface area contributed by atoms with Gasteiger partial charge in [0.2, 0.25) is 0 Å². The minimum absolute atomic E-state index is 0.123. The Balaban J connectivity index is 1.96. The van der Waals surface area contributed by atoms with E-state index in [0.717, 1.165) is 25.9 Å². The molecule has 3 aromatic rings. The van der Waals surface area contributed by atoms with Crippen LogP contribution in [0.15, 0.2) is 54.6 Å². The molecule has 1 heterocycles. The Morgan fingerprint density at radius 2 is 1.81 bits per heavy atom. The van der Waals surface area contributed by atoms with Crippen LogP contribution >= 0.6 is 22.6 Å². The van der Waals surface area contributed by atoms with E-state index >= 15 is 0 Å². The summed E-state index contributed by atoms with van der Waals surface area (Å²) < 4.78 is 1.10. The number of amides is 1. The van der Waals surface area contributed by atoms with Gasteiger partial charge in [0, 0.05) is 20.2 Å². The fraction of sp³-hybridized carbons (Fsp3) is 0.0588. The number of para-hydroxylation sites is 1. The van der Waals surface area contributed by atoms with Crippen molar-refractivity contribution in [3.8, 4) is 0 Å². The minimum Gasteiger partial charge on any atom is -0.320 e. The topological polar surface area (TPSA) is 42.0 Å². The highest BCUT2D eigenvalue weighted by Crippen LogP contribution is 2.22. The van der Waals surface area contributed by atoms with E-state index in [2.05, 4.69) is 32.9 Å². The smallest absolute Gasteiger partial charge is 0.255 e. The maximum absolute atomic E-state index is 12.3. The molecule has 0 aliphatic carbocycles. The van der Waals surface area contributed by atoms with E-state index in [1.165, 1.54) is 0 Å². The van der Waals surface area contributed by atoms with Gasteiger partial charge in [0.05, 0.1) is 11.2 Å². The molecule has 0 saturated carbocycles. The number of halogens is 1. The maximum atomic E-state index is 12.3. The molecule has 104 valence electrons. The highest BCUT2D eigenvalue weighted by atomic mass is 127. The van der Waals surface area contributed by atoms with Crippen molar-refractivity contribution in [1.29, 1.82) is 0 Å². The molecule has 0 atom stereocenters. The number of aryl methyl sites for hydroxylation is 1. The van der Waals surface area contributed by atoms with Gasteiger partial charge >= 0.3 is 0 Å². The fourth-order valence-electron chi connectivity index (χ4n) is 2.14. The largest absolute Gasteiger partial charge is 0.320 e. The van der Waals surface area contributed by atoms with Crippen LogP contribution in [0.4, 0.5) is 5.69 Å². The minimum atomic E-state index is -0.123. The molecule has 0 unspecified atom stereocenters. The summed E-state index contributed by atoms with van der Waals surface area (Å²) in [4.78, 5) is 16.8. The molecule has 0 aliphatic heterocycles. The third-order valence-electron chi connectivity index (χ3n) is 3.21. The lowest BCUT2D eigenvalue weighted by molar-refractivity contribution is 0.102. The normalized spacial score (nSPS) is 10.6. The number of carbonyl (C=O) groups excluding carboxylic acids is 1. The van der Waals surface area contributed by atoms with Crippen LogP contribution in [-0.2, 0) is 0 Å². The SMILES string of the molecule is Cc1ccc2cccc(NC(=O)c3ccc(I)cc3)c2n1. The number of benzene rings is 2. The molecule has 3 rings (SSSR count). The highest BCUT2D eigenvalue weighted by molar-refractivity contribution is 14.1. The molecule has 0 bridgehead atoms. The van der Waals surface area contributed by atoms with Crippen LogP contribution < -0.4 is 5.32 Å². The van der Waals surface area contributed by atoms with E-state index in [1.807, 2.05) is 61.5 Å². The first-order chi connectivity index (χ1) is 10.1. The molecule has 2 aromatic carbocycles. The Morgan fingerprint density at radius 1 is 1.05 bits per heavy atom. The number of carbonyl (C=O) groups is 1. The fourth-order valence-corrected chi connectivity index (χ4v) is 2.50. The number of nitrogens with zero attached hydrogens (tertiary/aromatic N) is 1. The van der Waals surface area contributed by atoms with Gasteiger partial charge < -0.3 is 5.32 Å².